The summed E-state index contributed by atoms with van der Waals surface area (Å²) in [5.74, 6) is -3.07. The number of carboxylic acids is 1. The van der Waals surface area contributed by atoms with Crippen molar-refractivity contribution in [1.29, 1.82) is 0 Å². The monoisotopic (exact) mass is 462 g/mol. The number of rotatable bonds is 5. The second-order valence-corrected chi connectivity index (χ2v) is 8.38. The summed E-state index contributed by atoms with van der Waals surface area (Å²) in [5.41, 5.74) is 3.47. The highest BCUT2D eigenvalue weighted by atomic mass is 19.1. The maximum Gasteiger partial charge on any atom is 0.328 e. The van der Waals surface area contributed by atoms with Crippen LogP contribution in [-0.2, 0) is 17.8 Å². The first-order valence-corrected chi connectivity index (χ1v) is 10.9. The van der Waals surface area contributed by atoms with Crippen LogP contribution in [0.2, 0.25) is 0 Å². The molecule has 1 aliphatic heterocycles. The zero-order valence-electron chi connectivity index (χ0n) is 18.1. The number of benzene rings is 3. The maximum absolute atomic E-state index is 15.4. The van der Waals surface area contributed by atoms with E-state index in [2.05, 4.69) is 4.98 Å². The predicted molar refractivity (Wildman–Crippen MR) is 124 cm³/mol. The zero-order chi connectivity index (χ0) is 23.8. The summed E-state index contributed by atoms with van der Waals surface area (Å²) in [7, 11) is 0. The van der Waals surface area contributed by atoms with Gasteiger partial charge in [0.05, 0.1) is 6.04 Å². The molecule has 3 aromatic carbocycles. The Balaban J connectivity index is 1.63. The number of nitrogens with one attached hydrogen (secondary N) is 1. The fourth-order valence-electron chi connectivity index (χ4n) is 4.74. The van der Waals surface area contributed by atoms with Gasteiger partial charge in [-0.25, -0.2) is 18.0 Å². The average Bonchev–Trinajstić information content (AvgIpc) is 3.18. The van der Waals surface area contributed by atoms with E-state index in [1.54, 1.807) is 12.1 Å². The van der Waals surface area contributed by atoms with E-state index in [0.717, 1.165) is 52.0 Å². The minimum atomic E-state index is -1.20. The minimum absolute atomic E-state index is 0.109. The number of carboxylic acid groups (broad SMARTS) is 1. The molecular weight excluding hydrogens is 441 g/mol. The molecule has 0 amide bonds. The number of carbonyl (C=O) groups is 1. The zero-order valence-corrected chi connectivity index (χ0v) is 18.1. The lowest BCUT2D eigenvalue weighted by atomic mass is 9.90. The van der Waals surface area contributed by atoms with Gasteiger partial charge in [0.1, 0.15) is 17.5 Å². The molecule has 2 heterocycles. The molecule has 0 spiro atoms. The molecule has 0 saturated carbocycles. The Labute approximate surface area is 194 Å². The Hall–Kier alpha value is -3.84. The molecular formula is C27H21F3N2O2. The number of nitrogens with zero attached hydrogens (tertiary/aromatic N) is 1. The number of H-pyrrole nitrogens is 1. The third-order valence-electron chi connectivity index (χ3n) is 6.23. The van der Waals surface area contributed by atoms with E-state index in [1.165, 1.54) is 12.1 Å². The molecule has 1 atom stereocenters. The van der Waals surface area contributed by atoms with E-state index < -0.39 is 23.6 Å². The SMILES string of the molecule is O=C(O)/C=C/c1cc(F)c(C2c3[nH]c4ccccc4c3CCN2Cc2ccc(F)cc2)c(F)c1. The van der Waals surface area contributed by atoms with Gasteiger partial charge < -0.3 is 10.1 Å². The second-order valence-electron chi connectivity index (χ2n) is 8.38. The Morgan fingerprint density at radius 2 is 1.76 bits per heavy atom. The van der Waals surface area contributed by atoms with Crippen molar-refractivity contribution in [3.8, 4) is 0 Å². The van der Waals surface area contributed by atoms with Gasteiger partial charge in [-0.05, 0) is 59.5 Å². The van der Waals surface area contributed by atoms with Crippen molar-refractivity contribution in [2.75, 3.05) is 6.54 Å². The lowest BCUT2D eigenvalue weighted by molar-refractivity contribution is -0.131. The number of hydrogen-bond donors (Lipinski definition) is 2. The molecule has 1 unspecified atom stereocenters. The quantitative estimate of drug-likeness (QED) is 0.367. The van der Waals surface area contributed by atoms with Crippen LogP contribution < -0.4 is 0 Å². The summed E-state index contributed by atoms with van der Waals surface area (Å²) in [6.45, 7) is 0.926. The number of aliphatic carboxylic acids is 1. The number of aromatic amines is 1. The van der Waals surface area contributed by atoms with E-state index in [1.807, 2.05) is 29.2 Å². The highest BCUT2D eigenvalue weighted by molar-refractivity contribution is 5.86. The van der Waals surface area contributed by atoms with Crippen molar-refractivity contribution in [1.82, 2.24) is 9.88 Å². The van der Waals surface area contributed by atoms with Gasteiger partial charge in [-0.15, -0.1) is 0 Å². The summed E-state index contributed by atoms with van der Waals surface area (Å²) in [6, 6.07) is 15.4. The summed E-state index contributed by atoms with van der Waals surface area (Å²) in [6.07, 6.45) is 2.69. The van der Waals surface area contributed by atoms with Crippen LogP contribution in [0.25, 0.3) is 17.0 Å². The van der Waals surface area contributed by atoms with Gasteiger partial charge in [0.2, 0.25) is 0 Å². The Kier molecular flexibility index (Phi) is 5.71. The number of halogens is 3. The highest BCUT2D eigenvalue weighted by Crippen LogP contribution is 2.41. The highest BCUT2D eigenvalue weighted by Gasteiger charge is 2.35. The fourth-order valence-corrected chi connectivity index (χ4v) is 4.74. The van der Waals surface area contributed by atoms with Crippen LogP contribution in [-0.4, -0.2) is 27.5 Å². The molecule has 0 aliphatic carbocycles. The number of para-hydroxylation sites is 1. The molecule has 2 N–H and O–H groups in total. The van der Waals surface area contributed by atoms with Gasteiger partial charge >= 0.3 is 5.97 Å². The number of aromatic nitrogens is 1. The van der Waals surface area contributed by atoms with E-state index in [9.17, 15) is 9.18 Å². The third-order valence-corrected chi connectivity index (χ3v) is 6.23. The molecule has 0 radical (unpaired) electrons. The molecule has 34 heavy (non-hydrogen) atoms. The van der Waals surface area contributed by atoms with Crippen molar-refractivity contribution in [2.24, 2.45) is 0 Å². The topological polar surface area (TPSA) is 56.3 Å². The van der Waals surface area contributed by atoms with Crippen molar-refractivity contribution in [3.63, 3.8) is 0 Å². The van der Waals surface area contributed by atoms with Crippen LogP contribution in [0.1, 0.15) is 34.0 Å². The Morgan fingerprint density at radius 1 is 1.06 bits per heavy atom. The molecule has 4 aromatic rings. The summed E-state index contributed by atoms with van der Waals surface area (Å²) >= 11 is 0. The molecule has 1 aliphatic rings. The Bertz CT molecular complexity index is 1390. The normalized spacial score (nSPS) is 16.3. The number of hydrogen-bond acceptors (Lipinski definition) is 2. The van der Waals surface area contributed by atoms with Crippen molar-refractivity contribution in [3.05, 3.63) is 112 Å². The molecule has 172 valence electrons. The first kappa shape index (κ1) is 22.0. The lowest BCUT2D eigenvalue weighted by Gasteiger charge is -2.36. The lowest BCUT2D eigenvalue weighted by Crippen LogP contribution is -2.36. The van der Waals surface area contributed by atoms with Gasteiger partial charge in [-0.2, -0.15) is 0 Å². The third kappa shape index (κ3) is 4.10. The average molecular weight is 462 g/mol. The standard InChI is InChI=1S/C27H21F3N2O2/c28-18-8-5-16(6-9-18)15-32-12-11-20-19-3-1-2-4-23(19)31-26(20)27(32)25-21(29)13-17(14-22(25)30)7-10-24(33)34/h1-10,13-14,27,31H,11-12,15H2,(H,33,34)/b10-7+. The Morgan fingerprint density at radius 3 is 2.47 bits per heavy atom. The van der Waals surface area contributed by atoms with Crippen LogP contribution in [0.4, 0.5) is 13.2 Å². The van der Waals surface area contributed by atoms with E-state index in [4.69, 9.17) is 5.11 Å². The van der Waals surface area contributed by atoms with Crippen LogP contribution in [0.15, 0.2) is 66.7 Å². The molecule has 0 saturated heterocycles. The van der Waals surface area contributed by atoms with E-state index in [-0.39, 0.29) is 16.9 Å². The molecule has 5 rings (SSSR count). The van der Waals surface area contributed by atoms with Crippen molar-refractivity contribution in [2.45, 2.75) is 19.0 Å². The first-order valence-electron chi connectivity index (χ1n) is 10.9. The van der Waals surface area contributed by atoms with Gasteiger partial charge in [-0.3, -0.25) is 4.90 Å². The fraction of sp³-hybridized carbons (Fsp3) is 0.148. The van der Waals surface area contributed by atoms with E-state index in [0.29, 0.717) is 19.5 Å². The summed E-state index contributed by atoms with van der Waals surface area (Å²) < 4.78 is 44.3. The maximum atomic E-state index is 15.4. The summed E-state index contributed by atoms with van der Waals surface area (Å²) in [4.78, 5) is 16.2. The van der Waals surface area contributed by atoms with Gasteiger partial charge in [0, 0.05) is 41.3 Å². The van der Waals surface area contributed by atoms with Gasteiger partial charge in [0.25, 0.3) is 0 Å². The second kappa shape index (κ2) is 8.83. The van der Waals surface area contributed by atoms with Crippen LogP contribution in [0.3, 0.4) is 0 Å². The van der Waals surface area contributed by atoms with Crippen LogP contribution in [0, 0.1) is 17.5 Å². The molecule has 0 fully saturated rings. The van der Waals surface area contributed by atoms with Crippen molar-refractivity contribution >= 4 is 22.9 Å². The molecule has 1 aromatic heterocycles. The number of fused-ring (bicyclic) bond motifs is 3. The first-order chi connectivity index (χ1) is 16.4. The largest absolute Gasteiger partial charge is 0.478 e. The van der Waals surface area contributed by atoms with Gasteiger partial charge in [0.15, 0.2) is 0 Å². The summed E-state index contributed by atoms with van der Waals surface area (Å²) in [5, 5.41) is 9.85. The molecule has 7 heteroatoms. The van der Waals surface area contributed by atoms with E-state index >= 15 is 8.78 Å². The van der Waals surface area contributed by atoms with Crippen LogP contribution in [0.5, 0.6) is 0 Å². The van der Waals surface area contributed by atoms with Crippen LogP contribution >= 0.6 is 0 Å². The van der Waals surface area contributed by atoms with Gasteiger partial charge in [-0.1, -0.05) is 30.3 Å². The predicted octanol–water partition coefficient (Wildman–Crippen LogP) is 5.83. The minimum Gasteiger partial charge on any atom is -0.478 e. The smallest absolute Gasteiger partial charge is 0.328 e. The molecule has 4 nitrogen and oxygen atoms in total. The van der Waals surface area contributed by atoms with Crippen molar-refractivity contribution < 1.29 is 23.1 Å². The molecule has 0 bridgehead atoms.